The van der Waals surface area contributed by atoms with E-state index in [-0.39, 0.29) is 0 Å². The van der Waals surface area contributed by atoms with Crippen molar-refractivity contribution < 1.29 is 9.90 Å². The van der Waals surface area contributed by atoms with E-state index >= 15 is 0 Å². The normalized spacial score (nSPS) is 14.5. The van der Waals surface area contributed by atoms with Gasteiger partial charge < -0.3 is 10.4 Å². The number of hydrogen-bond acceptors (Lipinski definition) is 3. The summed E-state index contributed by atoms with van der Waals surface area (Å²) in [7, 11) is 0. The molecule has 1 aliphatic rings. The molecule has 4 nitrogen and oxygen atoms in total. The van der Waals surface area contributed by atoms with Gasteiger partial charge in [-0.15, -0.1) is 0 Å². The van der Waals surface area contributed by atoms with Crippen molar-refractivity contribution in [3.8, 4) is 0 Å². The summed E-state index contributed by atoms with van der Waals surface area (Å²) in [4.78, 5) is 15.8. The Kier molecular flexibility index (Phi) is 3.07. The van der Waals surface area contributed by atoms with Crippen molar-refractivity contribution in [2.24, 2.45) is 5.92 Å². The predicted octanol–water partition coefficient (Wildman–Crippen LogP) is 3.15. The second kappa shape index (κ2) is 4.88. The van der Waals surface area contributed by atoms with Gasteiger partial charge in [0.15, 0.2) is 0 Å². The average molecular weight is 256 g/mol. The second-order valence-electron chi connectivity index (χ2n) is 5.04. The Balaban J connectivity index is 1.88. The number of carbonyl (C=O) groups is 1. The zero-order chi connectivity index (χ0) is 13.2. The topological polar surface area (TPSA) is 62.2 Å². The quantitative estimate of drug-likeness (QED) is 0.862. The molecule has 1 aromatic carbocycles. The van der Waals surface area contributed by atoms with Crippen LogP contribution in [0.15, 0.2) is 30.3 Å². The van der Waals surface area contributed by atoms with E-state index < -0.39 is 5.97 Å². The van der Waals surface area contributed by atoms with Crippen molar-refractivity contribution in [1.29, 1.82) is 0 Å². The number of para-hydroxylation sites is 1. The summed E-state index contributed by atoms with van der Waals surface area (Å²) >= 11 is 0. The van der Waals surface area contributed by atoms with Crippen LogP contribution in [0.25, 0.3) is 10.9 Å². The first-order valence-corrected chi connectivity index (χ1v) is 6.61. The van der Waals surface area contributed by atoms with Crippen molar-refractivity contribution in [3.05, 3.63) is 35.9 Å². The first kappa shape index (κ1) is 12.0. The number of aromatic carboxylic acids is 1. The van der Waals surface area contributed by atoms with E-state index in [0.717, 1.165) is 24.4 Å². The summed E-state index contributed by atoms with van der Waals surface area (Å²) in [6, 6.07) is 8.96. The first-order valence-electron chi connectivity index (χ1n) is 6.61. The number of carboxylic acid groups (broad SMARTS) is 1. The highest BCUT2D eigenvalue weighted by Gasteiger charge is 2.20. The first-order chi connectivity index (χ1) is 9.24. The van der Waals surface area contributed by atoms with Gasteiger partial charge in [-0.25, -0.2) is 9.78 Å². The van der Waals surface area contributed by atoms with Gasteiger partial charge in [-0.1, -0.05) is 31.0 Å². The van der Waals surface area contributed by atoms with Crippen LogP contribution in [-0.2, 0) is 0 Å². The van der Waals surface area contributed by atoms with Crippen LogP contribution in [-0.4, -0.2) is 22.6 Å². The number of anilines is 1. The van der Waals surface area contributed by atoms with Gasteiger partial charge in [-0.3, -0.25) is 0 Å². The van der Waals surface area contributed by atoms with E-state index in [4.69, 9.17) is 0 Å². The lowest BCUT2D eigenvalue weighted by atomic mass is 10.1. The summed E-state index contributed by atoms with van der Waals surface area (Å²) in [6.07, 6.45) is 3.79. The molecular formula is C15H16N2O2. The smallest absolute Gasteiger partial charge is 0.336 e. The van der Waals surface area contributed by atoms with Crippen LogP contribution < -0.4 is 5.32 Å². The van der Waals surface area contributed by atoms with Gasteiger partial charge in [-0.2, -0.15) is 0 Å². The number of nitrogens with zero attached hydrogens (tertiary/aromatic N) is 1. The van der Waals surface area contributed by atoms with Crippen molar-refractivity contribution in [3.63, 3.8) is 0 Å². The maximum absolute atomic E-state index is 11.3. The molecule has 0 unspecified atom stereocenters. The van der Waals surface area contributed by atoms with Gasteiger partial charge in [-0.05, 0) is 24.5 Å². The van der Waals surface area contributed by atoms with E-state index in [1.807, 2.05) is 18.2 Å². The van der Waals surface area contributed by atoms with Crippen LogP contribution in [0.5, 0.6) is 0 Å². The monoisotopic (exact) mass is 256 g/mol. The minimum absolute atomic E-state index is 0.305. The Morgan fingerprint density at radius 3 is 2.89 bits per heavy atom. The summed E-state index contributed by atoms with van der Waals surface area (Å²) in [5.74, 6) is 0.590. The highest BCUT2D eigenvalue weighted by atomic mass is 16.4. The number of benzene rings is 1. The molecule has 98 valence electrons. The maximum Gasteiger partial charge on any atom is 0.336 e. The van der Waals surface area contributed by atoms with Crippen LogP contribution in [0.4, 0.5) is 5.82 Å². The van der Waals surface area contributed by atoms with Crippen molar-refractivity contribution in [2.45, 2.75) is 19.3 Å². The number of fused-ring (bicyclic) bond motifs is 1. The van der Waals surface area contributed by atoms with Gasteiger partial charge in [0.05, 0.1) is 11.1 Å². The molecule has 0 bridgehead atoms. The third-order valence-corrected chi connectivity index (χ3v) is 3.50. The zero-order valence-corrected chi connectivity index (χ0v) is 10.6. The van der Waals surface area contributed by atoms with E-state index in [1.165, 1.54) is 12.8 Å². The Morgan fingerprint density at radius 2 is 2.16 bits per heavy atom. The number of nitrogens with one attached hydrogen (secondary N) is 1. The van der Waals surface area contributed by atoms with E-state index in [0.29, 0.717) is 16.8 Å². The minimum atomic E-state index is -0.913. The van der Waals surface area contributed by atoms with E-state index in [1.54, 1.807) is 12.1 Å². The number of hydrogen-bond donors (Lipinski definition) is 2. The number of carboxylic acids is 1. The van der Waals surface area contributed by atoms with Crippen molar-refractivity contribution in [2.75, 3.05) is 11.9 Å². The molecule has 2 N–H and O–H groups in total. The SMILES string of the molecule is O=C(O)c1cc(NCCC2CC2)nc2ccccc12. The van der Waals surface area contributed by atoms with Gasteiger partial charge >= 0.3 is 5.97 Å². The molecule has 2 aromatic rings. The van der Waals surface area contributed by atoms with Crippen LogP contribution >= 0.6 is 0 Å². The predicted molar refractivity (Wildman–Crippen MR) is 74.5 cm³/mol. The lowest BCUT2D eigenvalue weighted by molar-refractivity contribution is 0.0699. The maximum atomic E-state index is 11.3. The largest absolute Gasteiger partial charge is 0.478 e. The molecule has 4 heteroatoms. The molecule has 1 saturated carbocycles. The molecule has 19 heavy (non-hydrogen) atoms. The lowest BCUT2D eigenvalue weighted by Gasteiger charge is -2.08. The molecule has 0 aliphatic heterocycles. The zero-order valence-electron chi connectivity index (χ0n) is 10.6. The van der Waals surface area contributed by atoms with Gasteiger partial charge in [0.2, 0.25) is 0 Å². The number of rotatable bonds is 5. The molecule has 1 heterocycles. The lowest BCUT2D eigenvalue weighted by Crippen LogP contribution is -2.07. The Hall–Kier alpha value is -2.10. The highest BCUT2D eigenvalue weighted by Crippen LogP contribution is 2.32. The van der Waals surface area contributed by atoms with Crippen LogP contribution in [0.2, 0.25) is 0 Å². The van der Waals surface area contributed by atoms with Crippen molar-refractivity contribution in [1.82, 2.24) is 4.98 Å². The van der Waals surface area contributed by atoms with Gasteiger partial charge in [0.1, 0.15) is 5.82 Å². The standard InChI is InChI=1S/C15H16N2O2/c18-15(19)12-9-14(16-8-7-10-5-6-10)17-13-4-2-1-3-11(12)13/h1-4,9-10H,5-8H2,(H,16,17)(H,18,19). The molecule has 0 atom stereocenters. The van der Waals surface area contributed by atoms with Crippen molar-refractivity contribution >= 4 is 22.7 Å². The summed E-state index contributed by atoms with van der Waals surface area (Å²) in [6.45, 7) is 0.856. The molecule has 1 fully saturated rings. The van der Waals surface area contributed by atoms with Crippen LogP contribution in [0.3, 0.4) is 0 Å². The minimum Gasteiger partial charge on any atom is -0.478 e. The molecule has 0 spiro atoms. The van der Waals surface area contributed by atoms with E-state index in [2.05, 4.69) is 10.3 Å². The summed E-state index contributed by atoms with van der Waals surface area (Å²) in [5.41, 5.74) is 1.02. The molecule has 0 saturated heterocycles. The van der Waals surface area contributed by atoms with Gasteiger partial charge in [0, 0.05) is 11.9 Å². The fraction of sp³-hybridized carbons (Fsp3) is 0.333. The Labute approximate surface area is 111 Å². The van der Waals surface area contributed by atoms with E-state index in [9.17, 15) is 9.90 Å². The van der Waals surface area contributed by atoms with Crippen LogP contribution in [0.1, 0.15) is 29.6 Å². The fourth-order valence-corrected chi connectivity index (χ4v) is 2.25. The second-order valence-corrected chi connectivity index (χ2v) is 5.04. The Bertz CT molecular complexity index is 621. The third-order valence-electron chi connectivity index (χ3n) is 3.50. The summed E-state index contributed by atoms with van der Waals surface area (Å²) < 4.78 is 0. The molecule has 1 aliphatic carbocycles. The molecule has 3 rings (SSSR count). The number of pyridine rings is 1. The molecular weight excluding hydrogens is 240 g/mol. The fourth-order valence-electron chi connectivity index (χ4n) is 2.25. The number of aromatic nitrogens is 1. The molecule has 0 amide bonds. The third kappa shape index (κ3) is 2.67. The summed E-state index contributed by atoms with van der Waals surface area (Å²) in [5, 5.41) is 13.2. The van der Waals surface area contributed by atoms with Gasteiger partial charge in [0.25, 0.3) is 0 Å². The Morgan fingerprint density at radius 1 is 1.37 bits per heavy atom. The average Bonchev–Trinajstić information content (AvgIpc) is 3.22. The molecule has 0 radical (unpaired) electrons. The van der Waals surface area contributed by atoms with Crippen LogP contribution in [0, 0.1) is 5.92 Å². The highest BCUT2D eigenvalue weighted by molar-refractivity contribution is 6.03. The molecule has 1 aromatic heterocycles.